The fourth-order valence-electron chi connectivity index (χ4n) is 5.03. The summed E-state index contributed by atoms with van der Waals surface area (Å²) in [4.78, 5) is 36.0. The second kappa shape index (κ2) is 10.7. The number of aromatic nitrogens is 4. The standard InChI is InChI=1S/C26H29ClN6O3/c1-36-22-8-6-18(16-20(22)27)25-30-24(17-10-12-28-13-11-17)31-33(25)15-14-32(19-4-2-3-5-19)26(35)21-7-9-23(34)29-21/h6,8,10-13,16,19,21H,2-5,7,9,14-15H2,1H3,(H,29,34)/t21-/m0/s1. The lowest BCUT2D eigenvalue weighted by molar-refractivity contribution is -0.136. The van der Waals surface area contributed by atoms with Gasteiger partial charge in [0, 0.05) is 42.5 Å². The first-order valence-corrected chi connectivity index (χ1v) is 12.7. The number of methoxy groups -OCH3 is 1. The van der Waals surface area contributed by atoms with E-state index >= 15 is 0 Å². The van der Waals surface area contributed by atoms with Gasteiger partial charge in [-0.3, -0.25) is 14.6 Å². The van der Waals surface area contributed by atoms with Crippen molar-refractivity contribution < 1.29 is 14.3 Å². The molecule has 5 rings (SSSR count). The number of hydrogen-bond acceptors (Lipinski definition) is 6. The molecule has 1 saturated heterocycles. The van der Waals surface area contributed by atoms with Gasteiger partial charge in [0.1, 0.15) is 11.8 Å². The molecule has 1 atom stereocenters. The fourth-order valence-corrected chi connectivity index (χ4v) is 5.29. The fraction of sp³-hybridized carbons (Fsp3) is 0.423. The van der Waals surface area contributed by atoms with Gasteiger partial charge in [-0.25, -0.2) is 9.67 Å². The van der Waals surface area contributed by atoms with Crippen LogP contribution in [0.2, 0.25) is 5.02 Å². The van der Waals surface area contributed by atoms with E-state index in [-0.39, 0.29) is 17.9 Å². The molecule has 188 valence electrons. The maximum Gasteiger partial charge on any atom is 0.245 e. The monoisotopic (exact) mass is 508 g/mol. The zero-order chi connectivity index (χ0) is 25.1. The number of hydrogen-bond donors (Lipinski definition) is 1. The molecule has 2 aliphatic rings. The highest BCUT2D eigenvalue weighted by atomic mass is 35.5. The van der Waals surface area contributed by atoms with E-state index in [1.807, 2.05) is 33.8 Å². The van der Waals surface area contributed by atoms with Gasteiger partial charge in [-0.15, -0.1) is 0 Å². The summed E-state index contributed by atoms with van der Waals surface area (Å²) in [5.74, 6) is 1.74. The Labute approximate surface area is 214 Å². The number of nitrogens with zero attached hydrogens (tertiary/aromatic N) is 5. The van der Waals surface area contributed by atoms with E-state index in [0.29, 0.717) is 48.4 Å². The average Bonchev–Trinajstić information content (AvgIpc) is 3.66. The van der Waals surface area contributed by atoms with Gasteiger partial charge in [-0.1, -0.05) is 24.4 Å². The summed E-state index contributed by atoms with van der Waals surface area (Å²) in [5.41, 5.74) is 1.65. The number of ether oxygens (including phenoxy) is 1. The summed E-state index contributed by atoms with van der Waals surface area (Å²) in [6.07, 6.45) is 8.53. The topological polar surface area (TPSA) is 102 Å². The molecule has 2 fully saturated rings. The minimum absolute atomic E-state index is 0.00346. The van der Waals surface area contributed by atoms with Gasteiger partial charge in [0.25, 0.3) is 0 Å². The molecule has 1 aromatic carbocycles. The Morgan fingerprint density at radius 2 is 1.94 bits per heavy atom. The van der Waals surface area contributed by atoms with E-state index < -0.39 is 6.04 Å². The van der Waals surface area contributed by atoms with Crippen molar-refractivity contribution in [2.45, 2.75) is 57.2 Å². The van der Waals surface area contributed by atoms with Crippen molar-refractivity contribution in [2.75, 3.05) is 13.7 Å². The third-order valence-electron chi connectivity index (χ3n) is 6.91. The van der Waals surface area contributed by atoms with Gasteiger partial charge < -0.3 is 15.0 Å². The van der Waals surface area contributed by atoms with Crippen molar-refractivity contribution in [2.24, 2.45) is 0 Å². The number of amides is 2. The lowest BCUT2D eigenvalue weighted by Gasteiger charge is -2.31. The van der Waals surface area contributed by atoms with E-state index in [1.165, 1.54) is 0 Å². The zero-order valence-electron chi connectivity index (χ0n) is 20.2. The average molecular weight is 509 g/mol. The Bertz CT molecular complexity index is 1240. The van der Waals surface area contributed by atoms with Crippen LogP contribution in [0.4, 0.5) is 0 Å². The molecule has 3 aromatic rings. The molecule has 3 heterocycles. The maximum atomic E-state index is 13.4. The minimum Gasteiger partial charge on any atom is -0.495 e. The summed E-state index contributed by atoms with van der Waals surface area (Å²) in [6, 6.07) is 8.97. The van der Waals surface area contributed by atoms with Crippen LogP contribution in [-0.2, 0) is 16.1 Å². The zero-order valence-corrected chi connectivity index (χ0v) is 20.9. The third-order valence-corrected chi connectivity index (χ3v) is 7.21. The van der Waals surface area contributed by atoms with Crippen LogP contribution in [0.5, 0.6) is 5.75 Å². The van der Waals surface area contributed by atoms with Gasteiger partial charge in [0.15, 0.2) is 11.6 Å². The summed E-state index contributed by atoms with van der Waals surface area (Å²) in [5, 5.41) is 8.11. The molecule has 0 unspecified atom stereocenters. The SMILES string of the molecule is COc1ccc(-c2nc(-c3ccncc3)nn2CCN(C(=O)[C@@H]2CCC(=O)N2)C2CCCC2)cc1Cl. The van der Waals surface area contributed by atoms with E-state index in [1.54, 1.807) is 25.6 Å². The number of benzene rings is 1. The van der Waals surface area contributed by atoms with Crippen LogP contribution in [0.3, 0.4) is 0 Å². The van der Waals surface area contributed by atoms with Crippen LogP contribution in [0.1, 0.15) is 38.5 Å². The van der Waals surface area contributed by atoms with Crippen LogP contribution < -0.4 is 10.1 Å². The second-order valence-corrected chi connectivity index (χ2v) is 9.60. The van der Waals surface area contributed by atoms with Gasteiger partial charge in [0.2, 0.25) is 11.8 Å². The molecular formula is C26H29ClN6O3. The van der Waals surface area contributed by atoms with Crippen LogP contribution >= 0.6 is 11.6 Å². The molecule has 36 heavy (non-hydrogen) atoms. The highest BCUT2D eigenvalue weighted by molar-refractivity contribution is 6.32. The number of halogens is 1. The van der Waals surface area contributed by atoms with Crippen LogP contribution in [0, 0.1) is 0 Å². The summed E-state index contributed by atoms with van der Waals surface area (Å²) < 4.78 is 7.13. The number of rotatable bonds is 8. The maximum absolute atomic E-state index is 13.4. The third kappa shape index (κ3) is 5.06. The minimum atomic E-state index is -0.443. The Morgan fingerprint density at radius 3 is 2.61 bits per heavy atom. The molecular weight excluding hydrogens is 480 g/mol. The first kappa shape index (κ1) is 24.2. The van der Waals surface area contributed by atoms with E-state index in [2.05, 4.69) is 10.3 Å². The highest BCUT2D eigenvalue weighted by Crippen LogP contribution is 2.31. The van der Waals surface area contributed by atoms with Crippen LogP contribution in [0.15, 0.2) is 42.7 Å². The van der Waals surface area contributed by atoms with Gasteiger partial charge in [-0.2, -0.15) is 5.10 Å². The summed E-state index contributed by atoms with van der Waals surface area (Å²) in [7, 11) is 1.58. The molecule has 1 saturated carbocycles. The van der Waals surface area contributed by atoms with Gasteiger partial charge >= 0.3 is 0 Å². The Hall–Kier alpha value is -3.46. The predicted molar refractivity (Wildman–Crippen MR) is 135 cm³/mol. The first-order valence-electron chi connectivity index (χ1n) is 12.3. The molecule has 2 amide bonds. The highest BCUT2D eigenvalue weighted by Gasteiger charge is 2.35. The summed E-state index contributed by atoms with van der Waals surface area (Å²) in [6.45, 7) is 0.936. The number of nitrogens with one attached hydrogen (secondary N) is 1. The van der Waals surface area contributed by atoms with Crippen molar-refractivity contribution in [1.29, 1.82) is 0 Å². The quantitative estimate of drug-likeness (QED) is 0.497. The Morgan fingerprint density at radius 1 is 1.17 bits per heavy atom. The molecule has 0 radical (unpaired) electrons. The van der Waals surface area contributed by atoms with E-state index in [0.717, 1.165) is 36.8 Å². The molecule has 2 aromatic heterocycles. The molecule has 0 bridgehead atoms. The number of carbonyl (C=O) groups excluding carboxylic acids is 2. The first-order chi connectivity index (χ1) is 17.5. The van der Waals surface area contributed by atoms with Crippen molar-refractivity contribution in [1.82, 2.24) is 30.0 Å². The predicted octanol–water partition coefficient (Wildman–Crippen LogP) is 3.72. The largest absolute Gasteiger partial charge is 0.495 e. The Kier molecular flexibility index (Phi) is 7.18. The molecule has 9 nitrogen and oxygen atoms in total. The molecule has 1 N–H and O–H groups in total. The van der Waals surface area contributed by atoms with Crippen molar-refractivity contribution >= 4 is 23.4 Å². The smallest absolute Gasteiger partial charge is 0.245 e. The van der Waals surface area contributed by atoms with Gasteiger partial charge in [-0.05, 0) is 49.6 Å². The second-order valence-electron chi connectivity index (χ2n) is 9.20. The number of carbonyl (C=O) groups is 2. The normalized spacial score (nSPS) is 17.8. The lowest BCUT2D eigenvalue weighted by atomic mass is 10.1. The van der Waals surface area contributed by atoms with E-state index in [9.17, 15) is 9.59 Å². The van der Waals surface area contributed by atoms with E-state index in [4.69, 9.17) is 26.4 Å². The Balaban J connectivity index is 1.45. The molecule has 1 aliphatic heterocycles. The van der Waals surface area contributed by atoms with Crippen molar-refractivity contribution in [3.05, 3.63) is 47.7 Å². The van der Waals surface area contributed by atoms with Crippen LogP contribution in [-0.4, -0.2) is 62.2 Å². The van der Waals surface area contributed by atoms with Gasteiger partial charge in [0.05, 0.1) is 18.7 Å². The van der Waals surface area contributed by atoms with Crippen molar-refractivity contribution in [3.63, 3.8) is 0 Å². The number of pyridine rings is 1. The molecule has 1 aliphatic carbocycles. The van der Waals surface area contributed by atoms with Crippen LogP contribution in [0.25, 0.3) is 22.8 Å². The molecule has 10 heteroatoms. The molecule has 0 spiro atoms. The van der Waals surface area contributed by atoms with Crippen molar-refractivity contribution in [3.8, 4) is 28.5 Å². The lowest BCUT2D eigenvalue weighted by Crippen LogP contribution is -2.49. The summed E-state index contributed by atoms with van der Waals surface area (Å²) >= 11 is 6.42.